The van der Waals surface area contributed by atoms with Crippen molar-refractivity contribution < 1.29 is 23.9 Å². The molecule has 2 aromatic rings. The lowest BCUT2D eigenvalue weighted by molar-refractivity contribution is -0.136. The molecule has 0 unspecified atom stereocenters. The van der Waals surface area contributed by atoms with E-state index in [1.165, 1.54) is 11.3 Å². The molecule has 9 heteroatoms. The fraction of sp³-hybridized carbons (Fsp3) is 0.235. The number of furan rings is 1. The third-order valence-electron chi connectivity index (χ3n) is 3.88. The summed E-state index contributed by atoms with van der Waals surface area (Å²) in [6.07, 6.45) is 1.32. The van der Waals surface area contributed by atoms with Crippen molar-refractivity contribution >= 4 is 23.7 Å². The molecule has 4 amide bonds. The predicted octanol–water partition coefficient (Wildman–Crippen LogP) is 1.88. The summed E-state index contributed by atoms with van der Waals surface area (Å²) in [5, 5.41) is 12.9. The number of urea groups is 2. The Morgan fingerprint density at radius 1 is 1.15 bits per heavy atom. The molecular weight excluding hydrogens is 340 g/mol. The lowest BCUT2D eigenvalue weighted by atomic mass is 10.1. The molecule has 3 N–H and O–H groups in total. The van der Waals surface area contributed by atoms with Crippen molar-refractivity contribution in [1.29, 1.82) is 0 Å². The number of imide groups is 1. The van der Waals surface area contributed by atoms with Crippen LogP contribution in [0, 0.1) is 0 Å². The number of nitrogens with zero attached hydrogens (tertiary/aromatic N) is 2. The molecule has 3 rings (SSSR count). The number of benzene rings is 1. The van der Waals surface area contributed by atoms with Gasteiger partial charge >= 0.3 is 18.0 Å². The number of amides is 4. The number of carbonyl (C=O) groups is 3. The number of aliphatic carboxylic acids is 1. The van der Waals surface area contributed by atoms with Crippen LogP contribution in [-0.4, -0.2) is 46.1 Å². The van der Waals surface area contributed by atoms with Crippen molar-refractivity contribution in [3.05, 3.63) is 54.0 Å². The lowest BCUT2D eigenvalue weighted by Gasteiger charge is -2.19. The van der Waals surface area contributed by atoms with Crippen LogP contribution in [0.5, 0.6) is 0 Å². The van der Waals surface area contributed by atoms with Gasteiger partial charge < -0.3 is 14.8 Å². The van der Waals surface area contributed by atoms with Crippen LogP contribution in [0.15, 0.2) is 47.1 Å². The van der Waals surface area contributed by atoms with E-state index in [1.54, 1.807) is 36.4 Å². The van der Waals surface area contributed by atoms with Crippen molar-refractivity contribution in [3.63, 3.8) is 0 Å². The summed E-state index contributed by atoms with van der Waals surface area (Å²) in [5.74, 6) is -0.333. The molecule has 0 spiro atoms. The van der Waals surface area contributed by atoms with Crippen LogP contribution in [0.1, 0.15) is 11.3 Å². The van der Waals surface area contributed by atoms with Crippen molar-refractivity contribution in [1.82, 2.24) is 15.3 Å². The minimum absolute atomic E-state index is 0.219. The summed E-state index contributed by atoms with van der Waals surface area (Å²) >= 11 is 0. The molecule has 1 aliphatic heterocycles. The van der Waals surface area contributed by atoms with Crippen molar-refractivity contribution in [2.24, 2.45) is 0 Å². The molecule has 1 aromatic carbocycles. The Balaban J connectivity index is 1.60. The van der Waals surface area contributed by atoms with E-state index in [0.29, 0.717) is 30.1 Å². The third-order valence-corrected chi connectivity index (χ3v) is 3.88. The summed E-state index contributed by atoms with van der Waals surface area (Å²) in [4.78, 5) is 36.8. The van der Waals surface area contributed by atoms with Crippen LogP contribution in [0.2, 0.25) is 0 Å². The molecule has 1 saturated heterocycles. The molecule has 2 heterocycles. The Hall–Kier alpha value is -3.33. The quantitative estimate of drug-likeness (QED) is 0.726. The maximum Gasteiger partial charge on any atom is 0.342 e. The summed E-state index contributed by atoms with van der Waals surface area (Å²) in [7, 11) is 0. The Labute approximate surface area is 149 Å². The summed E-state index contributed by atoms with van der Waals surface area (Å²) in [6.45, 7) is 0.885. The molecule has 0 atom stereocenters. The first-order valence-electron chi connectivity index (χ1n) is 8.00. The van der Waals surface area contributed by atoms with E-state index in [-0.39, 0.29) is 13.0 Å². The molecule has 0 aliphatic carbocycles. The molecule has 26 heavy (non-hydrogen) atoms. The number of carboxylic acids is 1. The van der Waals surface area contributed by atoms with Crippen LogP contribution in [0.3, 0.4) is 0 Å². The fourth-order valence-electron chi connectivity index (χ4n) is 2.60. The predicted molar refractivity (Wildman–Crippen MR) is 91.2 cm³/mol. The Morgan fingerprint density at radius 3 is 2.69 bits per heavy atom. The summed E-state index contributed by atoms with van der Waals surface area (Å²) in [5.41, 5.74) is 3.75. The van der Waals surface area contributed by atoms with Gasteiger partial charge in [0.1, 0.15) is 5.76 Å². The maximum absolute atomic E-state index is 12.4. The SMILES string of the molecule is O=C(O)Cc1ccccc1NC(=O)N1CCN(NCc2ccco2)C1=O. The second-order valence-corrected chi connectivity index (χ2v) is 5.66. The average molecular weight is 358 g/mol. The van der Waals surface area contributed by atoms with E-state index < -0.39 is 18.0 Å². The molecule has 9 nitrogen and oxygen atoms in total. The molecule has 1 fully saturated rings. The molecule has 1 aliphatic rings. The minimum atomic E-state index is -1.00. The summed E-state index contributed by atoms with van der Waals surface area (Å²) in [6, 6.07) is 9.03. The lowest BCUT2D eigenvalue weighted by Crippen LogP contribution is -2.44. The number of hydrogen-bond donors (Lipinski definition) is 3. The molecular formula is C17H18N4O5. The highest BCUT2D eigenvalue weighted by atomic mass is 16.4. The van der Waals surface area contributed by atoms with Gasteiger partial charge in [0.25, 0.3) is 0 Å². The first-order chi connectivity index (χ1) is 12.5. The highest BCUT2D eigenvalue weighted by molar-refractivity contribution is 6.02. The number of anilines is 1. The van der Waals surface area contributed by atoms with Crippen LogP contribution in [0.25, 0.3) is 0 Å². The van der Waals surface area contributed by atoms with Crippen molar-refractivity contribution in [3.8, 4) is 0 Å². The molecule has 1 aromatic heterocycles. The third kappa shape index (κ3) is 4.01. The second-order valence-electron chi connectivity index (χ2n) is 5.66. The topological polar surface area (TPSA) is 115 Å². The number of carbonyl (C=O) groups excluding carboxylic acids is 2. The number of para-hydroxylation sites is 1. The monoisotopic (exact) mass is 358 g/mol. The van der Waals surface area contributed by atoms with Crippen LogP contribution < -0.4 is 10.7 Å². The first kappa shape index (κ1) is 17.5. The number of carboxylic acid groups (broad SMARTS) is 1. The van der Waals surface area contributed by atoms with E-state index in [0.717, 1.165) is 4.90 Å². The number of rotatable bonds is 6. The van der Waals surface area contributed by atoms with Gasteiger partial charge in [-0.3, -0.25) is 9.80 Å². The normalized spacial score (nSPS) is 13.9. The zero-order valence-corrected chi connectivity index (χ0v) is 13.8. The Kier molecular flexibility index (Phi) is 5.18. The number of hydrazine groups is 1. The first-order valence-corrected chi connectivity index (χ1v) is 8.00. The minimum Gasteiger partial charge on any atom is -0.481 e. The highest BCUT2D eigenvalue weighted by Gasteiger charge is 2.33. The smallest absolute Gasteiger partial charge is 0.342 e. The molecule has 0 saturated carbocycles. The van der Waals surface area contributed by atoms with Gasteiger partial charge in [0.05, 0.1) is 32.3 Å². The number of hydrogen-bond acceptors (Lipinski definition) is 5. The second kappa shape index (κ2) is 7.70. The highest BCUT2D eigenvalue weighted by Crippen LogP contribution is 2.18. The van der Waals surface area contributed by atoms with Crippen LogP contribution >= 0.6 is 0 Å². The molecule has 0 radical (unpaired) electrons. The van der Waals surface area contributed by atoms with Gasteiger partial charge in [-0.15, -0.1) is 0 Å². The standard InChI is InChI=1S/C17H18N4O5/c22-15(23)10-12-4-1-2-6-14(12)19-16(24)20-7-8-21(17(20)25)18-11-13-5-3-9-26-13/h1-6,9,18H,7-8,10-11H2,(H,19,24)(H,22,23). The maximum atomic E-state index is 12.4. The van der Waals surface area contributed by atoms with E-state index >= 15 is 0 Å². The zero-order valence-electron chi connectivity index (χ0n) is 13.8. The van der Waals surface area contributed by atoms with Gasteiger partial charge in [0.2, 0.25) is 0 Å². The van der Waals surface area contributed by atoms with Crippen molar-refractivity contribution in [2.45, 2.75) is 13.0 Å². The van der Waals surface area contributed by atoms with E-state index in [4.69, 9.17) is 9.52 Å². The van der Waals surface area contributed by atoms with Gasteiger partial charge in [0, 0.05) is 5.69 Å². The van der Waals surface area contributed by atoms with E-state index in [1.807, 2.05) is 0 Å². The van der Waals surface area contributed by atoms with E-state index in [2.05, 4.69) is 10.7 Å². The van der Waals surface area contributed by atoms with Crippen molar-refractivity contribution in [2.75, 3.05) is 18.4 Å². The Bertz CT molecular complexity index is 805. The Morgan fingerprint density at radius 2 is 1.96 bits per heavy atom. The number of nitrogens with one attached hydrogen (secondary N) is 2. The van der Waals surface area contributed by atoms with Gasteiger partial charge in [-0.1, -0.05) is 18.2 Å². The fourth-order valence-corrected chi connectivity index (χ4v) is 2.60. The van der Waals surface area contributed by atoms with E-state index in [9.17, 15) is 14.4 Å². The van der Waals surface area contributed by atoms with Gasteiger partial charge in [-0.05, 0) is 23.8 Å². The molecule has 136 valence electrons. The average Bonchev–Trinajstić information content (AvgIpc) is 3.24. The van der Waals surface area contributed by atoms with Gasteiger partial charge in [-0.25, -0.2) is 19.9 Å². The van der Waals surface area contributed by atoms with Gasteiger partial charge in [-0.2, -0.15) is 0 Å². The molecule has 0 bridgehead atoms. The van der Waals surface area contributed by atoms with Crippen LogP contribution in [0.4, 0.5) is 15.3 Å². The summed E-state index contributed by atoms with van der Waals surface area (Å²) < 4.78 is 5.19. The van der Waals surface area contributed by atoms with Crippen LogP contribution in [-0.2, 0) is 17.8 Å². The largest absolute Gasteiger partial charge is 0.481 e. The van der Waals surface area contributed by atoms with Gasteiger partial charge in [0.15, 0.2) is 0 Å². The zero-order chi connectivity index (χ0) is 18.5.